The van der Waals surface area contributed by atoms with Crippen molar-refractivity contribution in [2.45, 2.75) is 26.4 Å². The zero-order chi connectivity index (χ0) is 18.8. The number of hydrogen-bond donors (Lipinski definition) is 1. The molecule has 1 aromatic carbocycles. The van der Waals surface area contributed by atoms with Gasteiger partial charge in [-0.25, -0.2) is 4.98 Å². The Morgan fingerprint density at radius 2 is 2.04 bits per heavy atom. The van der Waals surface area contributed by atoms with Gasteiger partial charge in [-0.1, -0.05) is 6.07 Å². The Labute approximate surface area is 157 Å². The van der Waals surface area contributed by atoms with E-state index in [1.54, 1.807) is 19.5 Å². The van der Waals surface area contributed by atoms with Gasteiger partial charge in [-0.3, -0.25) is 14.7 Å². The molecule has 4 rings (SSSR count). The zero-order valence-electron chi connectivity index (χ0n) is 15.5. The molecule has 0 saturated heterocycles. The first-order chi connectivity index (χ1) is 13.1. The lowest BCUT2D eigenvalue weighted by atomic mass is 10.0. The number of fused-ring (bicyclic) bond motifs is 1. The molecule has 0 atom stereocenters. The first-order valence-corrected chi connectivity index (χ1v) is 9.02. The maximum absolute atomic E-state index is 12.7. The van der Waals surface area contributed by atoms with Crippen molar-refractivity contribution in [3.05, 3.63) is 75.5 Å². The number of aromatic amines is 1. The van der Waals surface area contributed by atoms with Crippen molar-refractivity contribution in [3.8, 4) is 17.1 Å². The number of pyridine rings is 1. The molecule has 6 nitrogen and oxygen atoms in total. The summed E-state index contributed by atoms with van der Waals surface area (Å²) in [5, 5.41) is 0. The molecule has 27 heavy (non-hydrogen) atoms. The van der Waals surface area contributed by atoms with Gasteiger partial charge in [0, 0.05) is 44.0 Å². The van der Waals surface area contributed by atoms with Crippen LogP contribution < -0.4 is 10.3 Å². The first kappa shape index (κ1) is 17.4. The summed E-state index contributed by atoms with van der Waals surface area (Å²) in [6.45, 7) is 4.39. The number of nitrogens with zero attached hydrogens (tertiary/aromatic N) is 3. The highest BCUT2D eigenvalue weighted by Crippen LogP contribution is 2.22. The second-order valence-electron chi connectivity index (χ2n) is 6.83. The van der Waals surface area contributed by atoms with Gasteiger partial charge in [-0.2, -0.15) is 0 Å². The van der Waals surface area contributed by atoms with E-state index in [4.69, 9.17) is 9.72 Å². The molecule has 3 aromatic rings. The third-order valence-electron chi connectivity index (χ3n) is 5.05. The maximum Gasteiger partial charge on any atom is 0.255 e. The maximum atomic E-state index is 12.7. The van der Waals surface area contributed by atoms with Gasteiger partial charge in [0.05, 0.1) is 18.4 Å². The van der Waals surface area contributed by atoms with Crippen molar-refractivity contribution in [1.82, 2.24) is 19.9 Å². The van der Waals surface area contributed by atoms with Crippen LogP contribution in [0.15, 0.2) is 47.5 Å². The van der Waals surface area contributed by atoms with Crippen molar-refractivity contribution < 1.29 is 4.74 Å². The van der Waals surface area contributed by atoms with E-state index >= 15 is 0 Å². The largest absolute Gasteiger partial charge is 0.497 e. The van der Waals surface area contributed by atoms with Crippen LogP contribution in [-0.4, -0.2) is 33.5 Å². The van der Waals surface area contributed by atoms with E-state index in [0.29, 0.717) is 12.4 Å². The van der Waals surface area contributed by atoms with Crippen LogP contribution >= 0.6 is 0 Å². The molecular formula is C21H22N4O2. The lowest BCUT2D eigenvalue weighted by Crippen LogP contribution is -2.35. The van der Waals surface area contributed by atoms with E-state index in [1.165, 1.54) is 11.1 Å². The Morgan fingerprint density at radius 3 is 2.78 bits per heavy atom. The summed E-state index contributed by atoms with van der Waals surface area (Å²) in [5.41, 5.74) is 4.93. The highest BCUT2D eigenvalue weighted by Gasteiger charge is 2.22. The van der Waals surface area contributed by atoms with Gasteiger partial charge in [0.25, 0.3) is 5.56 Å². The summed E-state index contributed by atoms with van der Waals surface area (Å²) in [6, 6.07) is 9.83. The molecule has 0 spiro atoms. The number of methoxy groups -OCH3 is 1. The Hall–Kier alpha value is -2.99. The molecule has 3 heterocycles. The fraction of sp³-hybridized carbons (Fsp3) is 0.286. The predicted molar refractivity (Wildman–Crippen MR) is 104 cm³/mol. The van der Waals surface area contributed by atoms with Crippen LogP contribution in [0.25, 0.3) is 11.4 Å². The number of H-pyrrole nitrogens is 1. The molecule has 0 unspecified atom stereocenters. The minimum atomic E-state index is -0.0528. The van der Waals surface area contributed by atoms with E-state index < -0.39 is 0 Å². The average molecular weight is 362 g/mol. The standard InChI is InChI=1S/C21H22N4O2/c1-14-11-17(27-2)4-3-16(14)12-25-10-7-19-18(13-25)21(26)24-20(23-19)15-5-8-22-9-6-15/h3-6,8-9,11H,7,10,12-13H2,1-2H3,(H,23,24,26). The molecule has 0 saturated carbocycles. The highest BCUT2D eigenvalue weighted by molar-refractivity contribution is 5.54. The topological polar surface area (TPSA) is 71.1 Å². The van der Waals surface area contributed by atoms with Crippen molar-refractivity contribution in [2.24, 2.45) is 0 Å². The quantitative estimate of drug-likeness (QED) is 0.773. The van der Waals surface area contributed by atoms with Gasteiger partial charge in [0.15, 0.2) is 0 Å². The first-order valence-electron chi connectivity index (χ1n) is 9.02. The molecule has 1 N–H and O–H groups in total. The summed E-state index contributed by atoms with van der Waals surface area (Å²) < 4.78 is 5.28. The lowest BCUT2D eigenvalue weighted by Gasteiger charge is -2.28. The van der Waals surface area contributed by atoms with E-state index in [1.807, 2.05) is 24.3 Å². The number of aromatic nitrogens is 3. The third-order valence-corrected chi connectivity index (χ3v) is 5.05. The number of ether oxygens (including phenoxy) is 1. The Morgan fingerprint density at radius 1 is 1.22 bits per heavy atom. The minimum absolute atomic E-state index is 0.0528. The van der Waals surface area contributed by atoms with Gasteiger partial charge in [0.1, 0.15) is 11.6 Å². The highest BCUT2D eigenvalue weighted by atomic mass is 16.5. The van der Waals surface area contributed by atoms with E-state index in [2.05, 4.69) is 27.9 Å². The van der Waals surface area contributed by atoms with Crippen molar-refractivity contribution in [1.29, 1.82) is 0 Å². The summed E-state index contributed by atoms with van der Waals surface area (Å²) in [7, 11) is 1.68. The van der Waals surface area contributed by atoms with E-state index in [-0.39, 0.29) is 5.56 Å². The van der Waals surface area contributed by atoms with Crippen LogP contribution in [0.5, 0.6) is 5.75 Å². The van der Waals surface area contributed by atoms with Crippen molar-refractivity contribution in [3.63, 3.8) is 0 Å². The van der Waals surface area contributed by atoms with Gasteiger partial charge in [-0.15, -0.1) is 0 Å². The van der Waals surface area contributed by atoms with Crippen LogP contribution in [0.1, 0.15) is 22.4 Å². The van der Waals surface area contributed by atoms with Crippen LogP contribution in [0.3, 0.4) is 0 Å². The number of rotatable bonds is 4. The van der Waals surface area contributed by atoms with Gasteiger partial charge >= 0.3 is 0 Å². The molecule has 0 amide bonds. The zero-order valence-corrected chi connectivity index (χ0v) is 15.5. The van der Waals surface area contributed by atoms with Crippen LogP contribution in [0, 0.1) is 6.92 Å². The SMILES string of the molecule is COc1ccc(CN2CCc3nc(-c4ccncc4)[nH]c(=O)c3C2)c(C)c1. The average Bonchev–Trinajstić information content (AvgIpc) is 2.70. The van der Waals surface area contributed by atoms with Crippen LogP contribution in [0.4, 0.5) is 0 Å². The molecule has 1 aliphatic rings. The van der Waals surface area contributed by atoms with E-state index in [9.17, 15) is 4.79 Å². The fourth-order valence-electron chi connectivity index (χ4n) is 3.48. The summed E-state index contributed by atoms with van der Waals surface area (Å²) in [6.07, 6.45) is 4.17. The Bertz CT molecular complexity index is 1010. The number of nitrogens with one attached hydrogen (secondary N) is 1. The normalized spacial score (nSPS) is 14.0. The number of hydrogen-bond acceptors (Lipinski definition) is 5. The molecule has 0 fully saturated rings. The Kier molecular flexibility index (Phi) is 4.73. The van der Waals surface area contributed by atoms with E-state index in [0.717, 1.165) is 42.1 Å². The smallest absolute Gasteiger partial charge is 0.255 e. The summed E-state index contributed by atoms with van der Waals surface area (Å²) >= 11 is 0. The molecule has 138 valence electrons. The third kappa shape index (κ3) is 3.61. The van der Waals surface area contributed by atoms with Crippen LogP contribution in [0.2, 0.25) is 0 Å². The molecule has 2 aromatic heterocycles. The molecule has 0 bridgehead atoms. The second-order valence-corrected chi connectivity index (χ2v) is 6.83. The van der Waals surface area contributed by atoms with Crippen molar-refractivity contribution >= 4 is 0 Å². The Balaban J connectivity index is 1.56. The molecule has 6 heteroatoms. The summed E-state index contributed by atoms with van der Waals surface area (Å²) in [5.74, 6) is 1.48. The lowest BCUT2D eigenvalue weighted by molar-refractivity contribution is 0.241. The predicted octanol–water partition coefficient (Wildman–Crippen LogP) is 2.71. The molecular weight excluding hydrogens is 340 g/mol. The molecule has 1 aliphatic heterocycles. The van der Waals surface area contributed by atoms with Gasteiger partial charge in [-0.05, 0) is 42.3 Å². The van der Waals surface area contributed by atoms with Gasteiger partial charge in [0.2, 0.25) is 0 Å². The molecule has 0 aliphatic carbocycles. The van der Waals surface area contributed by atoms with Crippen LogP contribution in [-0.2, 0) is 19.5 Å². The van der Waals surface area contributed by atoms with Gasteiger partial charge < -0.3 is 9.72 Å². The minimum Gasteiger partial charge on any atom is -0.497 e. The van der Waals surface area contributed by atoms with Crippen molar-refractivity contribution in [2.75, 3.05) is 13.7 Å². The monoisotopic (exact) mass is 362 g/mol. The molecule has 0 radical (unpaired) electrons. The number of aryl methyl sites for hydroxylation is 1. The summed E-state index contributed by atoms with van der Waals surface area (Å²) in [4.78, 5) is 26.6. The number of benzene rings is 1. The fourth-order valence-corrected chi connectivity index (χ4v) is 3.48. The second kappa shape index (κ2) is 7.32.